The second-order valence-corrected chi connectivity index (χ2v) is 9.51. The molecule has 0 saturated heterocycles. The van der Waals surface area contributed by atoms with Crippen molar-refractivity contribution >= 4 is 28.3 Å². The highest BCUT2D eigenvalue weighted by molar-refractivity contribution is 7.99. The van der Waals surface area contributed by atoms with Gasteiger partial charge >= 0.3 is 0 Å². The van der Waals surface area contributed by atoms with E-state index >= 15 is 0 Å². The summed E-state index contributed by atoms with van der Waals surface area (Å²) in [4.78, 5) is 16.2. The molecule has 0 atom stereocenters. The Labute approximate surface area is 214 Å². The quantitative estimate of drug-likeness (QED) is 0.354. The first-order valence-corrected chi connectivity index (χ1v) is 12.2. The molecular formula is C26H19N7O3S. The first-order chi connectivity index (χ1) is 18.2. The molecular weight excluding hydrogens is 490 g/mol. The van der Waals surface area contributed by atoms with Gasteiger partial charge in [0.05, 0.1) is 18.8 Å². The molecule has 6 aromatic rings. The Hall–Kier alpha value is -4.61. The average Bonchev–Trinajstić information content (AvgIpc) is 3.67. The van der Waals surface area contributed by atoms with Crippen molar-refractivity contribution < 1.29 is 14.4 Å². The lowest BCUT2D eigenvalue weighted by atomic mass is 10.0. The van der Waals surface area contributed by atoms with Gasteiger partial charge in [0.25, 0.3) is 0 Å². The van der Waals surface area contributed by atoms with Crippen LogP contribution in [0.15, 0.2) is 83.4 Å². The van der Waals surface area contributed by atoms with E-state index in [4.69, 9.17) is 14.4 Å². The Bertz CT molecular complexity index is 1810. The summed E-state index contributed by atoms with van der Waals surface area (Å²) in [6.45, 7) is 0. The monoisotopic (exact) mass is 509 g/mol. The largest absolute Gasteiger partial charge is 0.495 e. The molecule has 11 heteroatoms. The fourth-order valence-corrected chi connectivity index (χ4v) is 5.22. The van der Waals surface area contributed by atoms with E-state index in [0.29, 0.717) is 11.5 Å². The molecule has 7 rings (SSSR count). The molecule has 4 aromatic heterocycles. The van der Waals surface area contributed by atoms with Crippen LogP contribution in [0.2, 0.25) is 0 Å². The predicted molar refractivity (Wildman–Crippen MR) is 137 cm³/mol. The lowest BCUT2D eigenvalue weighted by molar-refractivity contribution is 0.0260. The maximum Gasteiger partial charge on any atom is 0.200 e. The highest BCUT2D eigenvalue weighted by Gasteiger charge is 2.19. The lowest BCUT2D eigenvalue weighted by Crippen LogP contribution is -2.14. The minimum absolute atomic E-state index is 0.605. The molecule has 182 valence electrons. The molecule has 10 nitrogen and oxygen atoms in total. The van der Waals surface area contributed by atoms with Gasteiger partial charge in [-0.05, 0) is 59.8 Å². The van der Waals surface area contributed by atoms with Crippen LogP contribution >= 0.6 is 11.8 Å². The summed E-state index contributed by atoms with van der Waals surface area (Å²) >= 11 is 1.53. The Kier molecular flexibility index (Phi) is 4.98. The van der Waals surface area contributed by atoms with Crippen molar-refractivity contribution in [3.63, 3.8) is 0 Å². The van der Waals surface area contributed by atoms with Crippen molar-refractivity contribution in [3.8, 4) is 39.5 Å². The Balaban J connectivity index is 1.28. The zero-order chi connectivity index (χ0) is 24.9. The topological polar surface area (TPSA) is 101 Å². The van der Waals surface area contributed by atoms with E-state index in [1.807, 2.05) is 78.7 Å². The number of nitrogens with one attached hydrogen (secondary N) is 1. The van der Waals surface area contributed by atoms with E-state index in [-0.39, 0.29) is 0 Å². The molecule has 5 heterocycles. The van der Waals surface area contributed by atoms with E-state index in [2.05, 4.69) is 32.0 Å². The molecule has 0 fully saturated rings. The van der Waals surface area contributed by atoms with Crippen LogP contribution in [0.4, 0.5) is 0 Å². The van der Waals surface area contributed by atoms with Crippen molar-refractivity contribution in [2.24, 2.45) is 7.05 Å². The SMILES string of the molecule is COc1c(-c2ccc3c(c2)ONO3)cnc2ccc(Sc3nnc4ccc(-c5cnn(C)c5)cn34)cc12. The second-order valence-electron chi connectivity index (χ2n) is 8.47. The molecule has 1 N–H and O–H groups in total. The van der Waals surface area contributed by atoms with Gasteiger partial charge in [0.15, 0.2) is 22.3 Å². The summed E-state index contributed by atoms with van der Waals surface area (Å²) in [6.07, 6.45) is 7.67. The van der Waals surface area contributed by atoms with Crippen LogP contribution < -0.4 is 20.1 Å². The number of nitrogens with zero attached hydrogens (tertiary/aromatic N) is 6. The average molecular weight is 510 g/mol. The van der Waals surface area contributed by atoms with Crippen LogP contribution in [0, 0.1) is 0 Å². The standard InChI is InChI=1S/C26H19N7O3S/c1-32-13-17(11-28-32)16-4-8-24-29-30-26(33(24)14-16)37-18-5-6-21-19(10-18)25(34-2)20(12-27-21)15-3-7-22-23(9-15)36-31-35-22/h3-14,31H,1-2H3. The van der Waals surface area contributed by atoms with Crippen LogP contribution in [0.25, 0.3) is 38.8 Å². The maximum atomic E-state index is 5.88. The molecule has 0 aliphatic carbocycles. The summed E-state index contributed by atoms with van der Waals surface area (Å²) in [5.74, 6) is 1.96. The Morgan fingerprint density at radius 2 is 1.78 bits per heavy atom. The molecule has 0 unspecified atom stereocenters. The third-order valence-corrected chi connectivity index (χ3v) is 7.12. The van der Waals surface area contributed by atoms with E-state index in [1.165, 1.54) is 11.8 Å². The van der Waals surface area contributed by atoms with Gasteiger partial charge in [-0.2, -0.15) is 5.10 Å². The fraction of sp³-hybridized carbons (Fsp3) is 0.0769. The maximum absolute atomic E-state index is 5.88. The molecule has 0 radical (unpaired) electrons. The Morgan fingerprint density at radius 1 is 0.892 bits per heavy atom. The summed E-state index contributed by atoms with van der Waals surface area (Å²) < 4.78 is 9.66. The molecule has 37 heavy (non-hydrogen) atoms. The number of hydrogen-bond acceptors (Lipinski definition) is 9. The highest BCUT2D eigenvalue weighted by Crippen LogP contribution is 2.41. The van der Waals surface area contributed by atoms with Gasteiger partial charge in [-0.25, -0.2) is 0 Å². The zero-order valence-electron chi connectivity index (χ0n) is 19.7. The Morgan fingerprint density at radius 3 is 2.65 bits per heavy atom. The second kappa shape index (κ2) is 8.50. The lowest BCUT2D eigenvalue weighted by Gasteiger charge is -2.12. The van der Waals surface area contributed by atoms with Gasteiger partial charge in [0.1, 0.15) is 5.75 Å². The summed E-state index contributed by atoms with van der Waals surface area (Å²) in [5.41, 5.74) is 7.84. The minimum atomic E-state index is 0.605. The van der Waals surface area contributed by atoms with E-state index in [0.717, 1.165) is 54.6 Å². The molecule has 1 aliphatic heterocycles. The van der Waals surface area contributed by atoms with Gasteiger partial charge in [-0.1, -0.05) is 6.07 Å². The molecule has 0 bridgehead atoms. The first-order valence-electron chi connectivity index (χ1n) is 11.4. The number of ether oxygens (including phenoxy) is 1. The van der Waals surface area contributed by atoms with Crippen molar-refractivity contribution in [1.82, 2.24) is 35.0 Å². The summed E-state index contributed by atoms with van der Waals surface area (Å²) in [6, 6.07) is 15.7. The van der Waals surface area contributed by atoms with E-state index in [1.54, 1.807) is 11.8 Å². The van der Waals surface area contributed by atoms with Crippen LogP contribution in [0.5, 0.6) is 17.2 Å². The number of aryl methyl sites for hydroxylation is 1. The van der Waals surface area contributed by atoms with Gasteiger partial charge in [0.2, 0.25) is 0 Å². The van der Waals surface area contributed by atoms with Gasteiger partial charge < -0.3 is 14.4 Å². The fourth-order valence-electron chi connectivity index (χ4n) is 4.37. The number of benzene rings is 2. The first kappa shape index (κ1) is 21.7. The summed E-state index contributed by atoms with van der Waals surface area (Å²) in [5, 5.41) is 14.7. The number of hydrogen-bond donors (Lipinski definition) is 1. The van der Waals surface area contributed by atoms with Crippen LogP contribution in [-0.2, 0) is 7.05 Å². The molecule has 0 spiro atoms. The van der Waals surface area contributed by atoms with Crippen LogP contribution in [0.1, 0.15) is 0 Å². The van der Waals surface area contributed by atoms with Crippen LogP contribution in [-0.4, -0.2) is 36.5 Å². The third kappa shape index (κ3) is 3.72. The number of aromatic nitrogens is 6. The predicted octanol–water partition coefficient (Wildman–Crippen LogP) is 4.70. The zero-order valence-corrected chi connectivity index (χ0v) is 20.6. The summed E-state index contributed by atoms with van der Waals surface area (Å²) in [7, 11) is 3.57. The molecule has 0 amide bonds. The molecule has 2 aromatic carbocycles. The van der Waals surface area contributed by atoms with Crippen molar-refractivity contribution in [3.05, 3.63) is 73.3 Å². The van der Waals surface area contributed by atoms with E-state index in [9.17, 15) is 0 Å². The van der Waals surface area contributed by atoms with Crippen molar-refractivity contribution in [2.45, 2.75) is 10.1 Å². The number of pyridine rings is 2. The van der Waals surface area contributed by atoms with E-state index < -0.39 is 0 Å². The van der Waals surface area contributed by atoms with Crippen molar-refractivity contribution in [2.75, 3.05) is 7.11 Å². The van der Waals surface area contributed by atoms with Crippen molar-refractivity contribution in [1.29, 1.82) is 0 Å². The smallest absolute Gasteiger partial charge is 0.200 e. The van der Waals surface area contributed by atoms with Gasteiger partial charge in [-0.15, -0.1) is 10.2 Å². The molecule has 0 saturated carbocycles. The minimum Gasteiger partial charge on any atom is -0.495 e. The van der Waals surface area contributed by atoms with Crippen LogP contribution in [0.3, 0.4) is 0 Å². The van der Waals surface area contributed by atoms with Gasteiger partial charge in [-0.3, -0.25) is 14.1 Å². The normalized spacial score (nSPS) is 12.5. The molecule has 1 aliphatic rings. The number of rotatable bonds is 5. The highest BCUT2D eigenvalue weighted by atomic mass is 32.2. The number of methoxy groups -OCH3 is 1. The third-order valence-electron chi connectivity index (χ3n) is 6.17. The number of fused-ring (bicyclic) bond motifs is 3. The van der Waals surface area contributed by atoms with Gasteiger partial charge in [0, 0.05) is 58.3 Å².